The molecule has 1 aliphatic heterocycles. The standard InChI is InChI=1S/C9H15N3OS/c1-7(8-2-4-13-5-3-8)12-9-10-6-11-14-9/h6-8H,2-5H2,1H3,(H,10,11,12). The number of nitrogens with zero attached hydrogens (tertiary/aromatic N) is 2. The summed E-state index contributed by atoms with van der Waals surface area (Å²) in [6.07, 6.45) is 3.88. The zero-order valence-corrected chi connectivity index (χ0v) is 9.09. The van der Waals surface area contributed by atoms with Crippen LogP contribution in [-0.4, -0.2) is 28.6 Å². The minimum Gasteiger partial charge on any atom is -0.381 e. The third kappa shape index (κ3) is 2.42. The molecule has 1 fully saturated rings. The second kappa shape index (κ2) is 4.70. The Morgan fingerprint density at radius 3 is 3.00 bits per heavy atom. The summed E-state index contributed by atoms with van der Waals surface area (Å²) in [5.74, 6) is 0.702. The van der Waals surface area contributed by atoms with Crippen molar-refractivity contribution in [1.29, 1.82) is 0 Å². The molecular formula is C9H15N3OS. The Labute approximate surface area is 87.9 Å². The van der Waals surface area contributed by atoms with E-state index in [1.54, 1.807) is 6.33 Å². The third-order valence-electron chi connectivity index (χ3n) is 2.69. The summed E-state index contributed by atoms with van der Waals surface area (Å²) in [5.41, 5.74) is 0. The topological polar surface area (TPSA) is 47.0 Å². The van der Waals surface area contributed by atoms with E-state index in [1.807, 2.05) is 0 Å². The highest BCUT2D eigenvalue weighted by Crippen LogP contribution is 2.21. The maximum atomic E-state index is 5.33. The molecule has 1 unspecified atom stereocenters. The Morgan fingerprint density at radius 1 is 1.57 bits per heavy atom. The van der Waals surface area contributed by atoms with Crippen molar-refractivity contribution < 1.29 is 4.74 Å². The van der Waals surface area contributed by atoms with Crippen LogP contribution in [0.25, 0.3) is 0 Å². The van der Waals surface area contributed by atoms with Gasteiger partial charge in [0.1, 0.15) is 6.33 Å². The molecule has 1 atom stereocenters. The first-order valence-corrected chi connectivity index (χ1v) is 5.74. The zero-order chi connectivity index (χ0) is 9.80. The Bertz CT molecular complexity index is 259. The first kappa shape index (κ1) is 9.86. The van der Waals surface area contributed by atoms with Crippen molar-refractivity contribution in [3.63, 3.8) is 0 Å². The molecular weight excluding hydrogens is 198 g/mol. The molecule has 0 bridgehead atoms. The fourth-order valence-corrected chi connectivity index (χ4v) is 2.29. The third-order valence-corrected chi connectivity index (χ3v) is 3.28. The van der Waals surface area contributed by atoms with Gasteiger partial charge in [0.05, 0.1) is 0 Å². The molecule has 1 N–H and O–H groups in total. The molecule has 5 heteroatoms. The number of nitrogens with one attached hydrogen (secondary N) is 1. The normalized spacial score (nSPS) is 20.6. The van der Waals surface area contributed by atoms with Crippen LogP contribution in [0.1, 0.15) is 19.8 Å². The Kier molecular flexibility index (Phi) is 3.31. The molecule has 4 nitrogen and oxygen atoms in total. The maximum Gasteiger partial charge on any atom is 0.202 e. The monoisotopic (exact) mass is 213 g/mol. The molecule has 0 saturated carbocycles. The van der Waals surface area contributed by atoms with Crippen LogP contribution in [0.4, 0.5) is 5.13 Å². The van der Waals surface area contributed by atoms with E-state index in [0.29, 0.717) is 12.0 Å². The van der Waals surface area contributed by atoms with Gasteiger partial charge in [0.15, 0.2) is 0 Å². The minimum atomic E-state index is 0.465. The molecule has 0 radical (unpaired) electrons. The highest BCUT2D eigenvalue weighted by atomic mass is 32.1. The van der Waals surface area contributed by atoms with Crippen LogP contribution in [0.5, 0.6) is 0 Å². The smallest absolute Gasteiger partial charge is 0.202 e. The Hall–Kier alpha value is -0.680. The van der Waals surface area contributed by atoms with E-state index in [1.165, 1.54) is 11.5 Å². The number of ether oxygens (including phenoxy) is 1. The average Bonchev–Trinajstić information content (AvgIpc) is 2.72. The van der Waals surface area contributed by atoms with E-state index in [0.717, 1.165) is 31.2 Å². The summed E-state index contributed by atoms with van der Waals surface area (Å²) in [6, 6.07) is 0.465. The summed E-state index contributed by atoms with van der Waals surface area (Å²) in [4.78, 5) is 4.12. The molecule has 78 valence electrons. The molecule has 14 heavy (non-hydrogen) atoms. The summed E-state index contributed by atoms with van der Waals surface area (Å²) in [7, 11) is 0. The Morgan fingerprint density at radius 2 is 2.36 bits per heavy atom. The van der Waals surface area contributed by atoms with E-state index in [9.17, 15) is 0 Å². The SMILES string of the molecule is CC(Nc1ncns1)C1CCOCC1. The molecule has 2 rings (SSSR count). The van der Waals surface area contributed by atoms with Gasteiger partial charge in [-0.15, -0.1) is 0 Å². The summed E-state index contributed by atoms with van der Waals surface area (Å²) in [6.45, 7) is 4.00. The van der Waals surface area contributed by atoms with E-state index in [2.05, 4.69) is 21.6 Å². The number of rotatable bonds is 3. The number of hydrogen-bond acceptors (Lipinski definition) is 5. The first-order valence-electron chi connectivity index (χ1n) is 4.97. The van der Waals surface area contributed by atoms with Crippen LogP contribution in [0.3, 0.4) is 0 Å². The average molecular weight is 213 g/mol. The highest BCUT2D eigenvalue weighted by molar-refractivity contribution is 7.09. The van der Waals surface area contributed by atoms with E-state index in [-0.39, 0.29) is 0 Å². The Balaban J connectivity index is 1.85. The largest absolute Gasteiger partial charge is 0.381 e. The molecule has 0 spiro atoms. The van der Waals surface area contributed by atoms with Crippen LogP contribution in [0, 0.1) is 5.92 Å². The van der Waals surface area contributed by atoms with Crippen LogP contribution < -0.4 is 5.32 Å². The molecule has 1 saturated heterocycles. The van der Waals surface area contributed by atoms with E-state index in [4.69, 9.17) is 4.74 Å². The van der Waals surface area contributed by atoms with Crippen LogP contribution in [0.15, 0.2) is 6.33 Å². The van der Waals surface area contributed by atoms with Gasteiger partial charge < -0.3 is 10.1 Å². The van der Waals surface area contributed by atoms with Gasteiger partial charge in [0, 0.05) is 30.8 Å². The first-order chi connectivity index (χ1) is 6.86. The number of anilines is 1. The van der Waals surface area contributed by atoms with Gasteiger partial charge >= 0.3 is 0 Å². The lowest BCUT2D eigenvalue weighted by molar-refractivity contribution is 0.0622. The van der Waals surface area contributed by atoms with Gasteiger partial charge in [-0.2, -0.15) is 4.37 Å². The number of hydrogen-bond donors (Lipinski definition) is 1. The van der Waals surface area contributed by atoms with Gasteiger partial charge in [0.25, 0.3) is 0 Å². The van der Waals surface area contributed by atoms with Crippen molar-refractivity contribution in [2.45, 2.75) is 25.8 Å². The molecule has 1 aromatic heterocycles. The van der Waals surface area contributed by atoms with E-state index >= 15 is 0 Å². The lowest BCUT2D eigenvalue weighted by Gasteiger charge is -2.27. The fourth-order valence-electron chi connectivity index (χ4n) is 1.77. The molecule has 0 aromatic carbocycles. The minimum absolute atomic E-state index is 0.465. The summed E-state index contributed by atoms with van der Waals surface area (Å²) in [5, 5.41) is 4.30. The van der Waals surface area contributed by atoms with Gasteiger partial charge in [-0.05, 0) is 25.7 Å². The van der Waals surface area contributed by atoms with Gasteiger partial charge in [-0.1, -0.05) is 0 Å². The van der Waals surface area contributed by atoms with Crippen molar-refractivity contribution in [3.8, 4) is 0 Å². The van der Waals surface area contributed by atoms with Gasteiger partial charge in [-0.25, -0.2) is 4.98 Å². The zero-order valence-electron chi connectivity index (χ0n) is 8.27. The van der Waals surface area contributed by atoms with Gasteiger partial charge in [0.2, 0.25) is 5.13 Å². The lowest BCUT2D eigenvalue weighted by Crippen LogP contribution is -2.30. The molecule has 1 aliphatic rings. The lowest BCUT2D eigenvalue weighted by atomic mass is 9.93. The summed E-state index contributed by atoms with van der Waals surface area (Å²) < 4.78 is 9.30. The fraction of sp³-hybridized carbons (Fsp3) is 0.778. The van der Waals surface area contributed by atoms with Crippen LogP contribution in [0.2, 0.25) is 0 Å². The second-order valence-corrected chi connectivity index (χ2v) is 4.41. The second-order valence-electron chi connectivity index (χ2n) is 3.63. The van der Waals surface area contributed by atoms with Crippen molar-refractivity contribution >= 4 is 16.7 Å². The van der Waals surface area contributed by atoms with E-state index < -0.39 is 0 Å². The molecule has 1 aromatic rings. The van der Waals surface area contributed by atoms with Crippen molar-refractivity contribution in [2.24, 2.45) is 5.92 Å². The van der Waals surface area contributed by atoms with Crippen LogP contribution in [-0.2, 0) is 4.74 Å². The number of aromatic nitrogens is 2. The summed E-state index contributed by atoms with van der Waals surface area (Å²) >= 11 is 1.41. The molecule has 2 heterocycles. The quantitative estimate of drug-likeness (QED) is 0.831. The predicted octanol–water partition coefficient (Wildman–Crippen LogP) is 1.77. The van der Waals surface area contributed by atoms with Crippen LogP contribution >= 0.6 is 11.5 Å². The maximum absolute atomic E-state index is 5.33. The van der Waals surface area contributed by atoms with Crippen molar-refractivity contribution in [3.05, 3.63) is 6.33 Å². The molecule has 0 aliphatic carbocycles. The highest BCUT2D eigenvalue weighted by Gasteiger charge is 2.20. The molecule has 0 amide bonds. The predicted molar refractivity (Wildman–Crippen MR) is 56.5 cm³/mol. The van der Waals surface area contributed by atoms with Gasteiger partial charge in [-0.3, -0.25) is 0 Å². The van der Waals surface area contributed by atoms with Crippen molar-refractivity contribution in [1.82, 2.24) is 9.36 Å². The van der Waals surface area contributed by atoms with Crippen molar-refractivity contribution in [2.75, 3.05) is 18.5 Å².